The van der Waals surface area contributed by atoms with Crippen LogP contribution in [-0.2, 0) is 31.9 Å². The molecule has 0 saturated carbocycles. The van der Waals surface area contributed by atoms with E-state index in [0.29, 0.717) is 11.5 Å². The third-order valence-corrected chi connectivity index (χ3v) is 10.2. The maximum Gasteiger partial charge on any atom is 0.267 e. The molecule has 274 valence electrons. The van der Waals surface area contributed by atoms with Crippen LogP contribution in [0, 0.1) is 32.3 Å². The van der Waals surface area contributed by atoms with Crippen LogP contribution in [0.1, 0.15) is 64.1 Å². The van der Waals surface area contributed by atoms with Crippen LogP contribution < -0.4 is 9.30 Å². The first kappa shape index (κ1) is 37.1. The summed E-state index contributed by atoms with van der Waals surface area (Å²) in [7, 11) is 0. The maximum absolute atomic E-state index is 6.51. The number of rotatable bonds is 6. The molecule has 0 unspecified atom stereocenters. The van der Waals surface area contributed by atoms with E-state index in [2.05, 4.69) is 179 Å². The molecule has 54 heavy (non-hydrogen) atoms. The zero-order valence-electron chi connectivity index (χ0n) is 32.1. The van der Waals surface area contributed by atoms with E-state index in [1.807, 2.05) is 30.5 Å². The molecule has 5 aromatic carbocycles. The third-order valence-electron chi connectivity index (χ3n) is 10.2. The van der Waals surface area contributed by atoms with Crippen molar-refractivity contribution in [3.8, 4) is 39.8 Å². The minimum Gasteiger partial charge on any atom is -0.510 e. The first-order chi connectivity index (χ1) is 25.3. The van der Waals surface area contributed by atoms with Crippen molar-refractivity contribution in [2.24, 2.45) is 0 Å². The second kappa shape index (κ2) is 14.2. The van der Waals surface area contributed by atoms with Crippen LogP contribution in [0.15, 0.2) is 121 Å². The summed E-state index contributed by atoms with van der Waals surface area (Å²) >= 11 is 0. The molecular weight excluding hydrogens is 844 g/mol. The second-order valence-electron chi connectivity index (χ2n) is 15.9. The van der Waals surface area contributed by atoms with E-state index in [-0.39, 0.29) is 31.9 Å². The standard InChI is InChI=1S/C48H44N4O.Pt/c1-32-33(2)51(39-26-35(34-15-10-9-11-16-34)25-37(27-39)48(6,7)8)31-50(32)38-17-14-18-40(29-38)53-41-21-22-43-42-19-12-13-20-44(42)52(45(43)30-41)46-28-36(23-24-49-46)47(3,4)5;/h9-28H,1-8H3;/q-2;. The fourth-order valence-corrected chi connectivity index (χ4v) is 6.95. The Kier molecular flexibility index (Phi) is 9.74. The number of para-hydroxylation sites is 1. The van der Waals surface area contributed by atoms with Crippen molar-refractivity contribution >= 4 is 21.8 Å². The molecule has 5 nitrogen and oxygen atoms in total. The Labute approximate surface area is 333 Å². The Morgan fingerprint density at radius 1 is 0.648 bits per heavy atom. The molecule has 3 heterocycles. The van der Waals surface area contributed by atoms with E-state index in [0.717, 1.165) is 50.4 Å². The van der Waals surface area contributed by atoms with Gasteiger partial charge in [-0.15, -0.1) is 29.7 Å². The van der Waals surface area contributed by atoms with Gasteiger partial charge in [0.15, 0.2) is 0 Å². The van der Waals surface area contributed by atoms with Gasteiger partial charge in [0.1, 0.15) is 5.82 Å². The minimum atomic E-state index is -0.0214. The number of nitrogens with zero attached hydrogens (tertiary/aromatic N) is 4. The Balaban J connectivity index is 0.00000450. The van der Waals surface area contributed by atoms with Crippen LogP contribution in [0.3, 0.4) is 0 Å². The van der Waals surface area contributed by atoms with Gasteiger partial charge in [0.2, 0.25) is 0 Å². The number of imidazole rings is 1. The largest absolute Gasteiger partial charge is 0.510 e. The van der Waals surface area contributed by atoms with Gasteiger partial charge in [-0.1, -0.05) is 102 Å². The first-order valence-electron chi connectivity index (χ1n) is 18.2. The average molecular weight is 888 g/mol. The Hall–Kier alpha value is -5.25. The molecule has 0 fully saturated rings. The molecule has 8 rings (SSSR count). The van der Waals surface area contributed by atoms with Crippen molar-refractivity contribution in [1.29, 1.82) is 0 Å². The van der Waals surface area contributed by atoms with E-state index in [9.17, 15) is 0 Å². The quantitative estimate of drug-likeness (QED) is 0.123. The third kappa shape index (κ3) is 6.94. The first-order valence-corrected chi connectivity index (χ1v) is 18.2. The molecule has 0 spiro atoms. The van der Waals surface area contributed by atoms with E-state index in [1.54, 1.807) is 0 Å². The molecule has 0 aliphatic carbocycles. The summed E-state index contributed by atoms with van der Waals surface area (Å²) in [6, 6.07) is 47.3. The number of benzene rings is 5. The second-order valence-corrected chi connectivity index (χ2v) is 15.9. The normalized spacial score (nSPS) is 11.9. The van der Waals surface area contributed by atoms with Crippen molar-refractivity contribution < 1.29 is 30.4 Å². The number of pyridine rings is 1. The molecule has 6 heteroatoms. The Morgan fingerprint density at radius 2 is 1.37 bits per heavy atom. The van der Waals surface area contributed by atoms with Gasteiger partial charge in [0.05, 0.1) is 11.4 Å². The molecule has 0 N–H and O–H groups in total. The summed E-state index contributed by atoms with van der Waals surface area (Å²) in [5.41, 5.74) is 10.9. The smallest absolute Gasteiger partial charge is 0.267 e. The van der Waals surface area contributed by atoms with E-state index in [4.69, 9.17) is 9.72 Å². The van der Waals surface area contributed by atoms with E-state index < -0.39 is 0 Å². The number of ether oxygens (including phenoxy) is 1. The predicted molar refractivity (Wildman–Crippen MR) is 215 cm³/mol. The molecule has 0 saturated heterocycles. The zero-order valence-corrected chi connectivity index (χ0v) is 34.3. The Morgan fingerprint density at radius 3 is 2.13 bits per heavy atom. The van der Waals surface area contributed by atoms with Gasteiger partial charge >= 0.3 is 0 Å². The monoisotopic (exact) mass is 887 g/mol. The number of hydrogen-bond donors (Lipinski definition) is 0. The minimum absolute atomic E-state index is 0. The topological polar surface area (TPSA) is 35.9 Å². The molecule has 0 aliphatic heterocycles. The van der Waals surface area contributed by atoms with Crippen molar-refractivity contribution in [2.45, 2.75) is 66.2 Å². The van der Waals surface area contributed by atoms with Crippen LogP contribution >= 0.6 is 0 Å². The van der Waals surface area contributed by atoms with Crippen LogP contribution in [0.25, 0.3) is 50.1 Å². The summed E-state index contributed by atoms with van der Waals surface area (Å²) in [6.45, 7) is 17.7. The number of fused-ring (bicyclic) bond motifs is 3. The molecule has 0 bridgehead atoms. The van der Waals surface area contributed by atoms with Gasteiger partial charge in [-0.25, -0.2) is 4.98 Å². The van der Waals surface area contributed by atoms with Crippen LogP contribution in [0.2, 0.25) is 0 Å². The van der Waals surface area contributed by atoms with Crippen molar-refractivity contribution in [3.05, 3.63) is 162 Å². The fraction of sp³-hybridized carbons (Fsp3) is 0.208. The van der Waals surface area contributed by atoms with Crippen molar-refractivity contribution in [2.75, 3.05) is 0 Å². The fourth-order valence-electron chi connectivity index (χ4n) is 6.95. The van der Waals surface area contributed by atoms with Crippen LogP contribution in [0.5, 0.6) is 11.5 Å². The van der Waals surface area contributed by atoms with Gasteiger partial charge in [0.25, 0.3) is 6.33 Å². The van der Waals surface area contributed by atoms with Gasteiger partial charge in [0, 0.05) is 50.0 Å². The average Bonchev–Trinajstić information content (AvgIpc) is 3.64. The Bertz CT molecular complexity index is 2640. The summed E-state index contributed by atoms with van der Waals surface area (Å²) < 4.78 is 12.9. The van der Waals surface area contributed by atoms with Crippen molar-refractivity contribution in [1.82, 2.24) is 14.1 Å². The molecular formula is C48H44N4OPt-2. The molecule has 0 atom stereocenters. The molecule has 3 aromatic heterocycles. The summed E-state index contributed by atoms with van der Waals surface area (Å²) in [5.74, 6) is 2.06. The predicted octanol–water partition coefficient (Wildman–Crippen LogP) is 11.3. The number of hydrogen-bond acceptors (Lipinski definition) is 2. The van der Waals surface area contributed by atoms with Crippen LogP contribution in [0.4, 0.5) is 0 Å². The molecule has 0 aliphatic rings. The summed E-state index contributed by atoms with van der Waals surface area (Å²) in [4.78, 5) is 4.82. The summed E-state index contributed by atoms with van der Waals surface area (Å²) in [6.07, 6.45) is 5.53. The van der Waals surface area contributed by atoms with Crippen molar-refractivity contribution in [3.63, 3.8) is 0 Å². The van der Waals surface area contributed by atoms with Crippen LogP contribution in [-0.4, -0.2) is 14.1 Å². The van der Waals surface area contributed by atoms with E-state index >= 15 is 0 Å². The van der Waals surface area contributed by atoms with Gasteiger partial charge in [-0.2, -0.15) is 18.2 Å². The van der Waals surface area contributed by atoms with Gasteiger partial charge < -0.3 is 13.9 Å². The number of aromatic nitrogens is 4. The summed E-state index contributed by atoms with van der Waals surface area (Å²) in [5, 5.41) is 2.24. The van der Waals surface area contributed by atoms with Gasteiger partial charge in [-0.3, -0.25) is 4.57 Å². The SMILES string of the molecule is Cc1c(C)[n+](-c2cc(-c3ccccc3)cc(C(C)(C)C)c2)[c-]n1-c1[c-]c(Oc2[c-]c3c(cc2)c2ccccc2n3-c2cc(C(C)(C)C)ccn2)ccc1.[Pt]. The zero-order chi connectivity index (χ0) is 37.1. The maximum atomic E-state index is 6.51. The molecule has 8 aromatic rings. The molecule has 0 amide bonds. The molecule has 0 radical (unpaired) electrons. The van der Waals surface area contributed by atoms with E-state index in [1.165, 1.54) is 22.3 Å². The van der Waals surface area contributed by atoms with Gasteiger partial charge in [-0.05, 0) is 88.3 Å².